The molecule has 0 unspecified atom stereocenters. The molecule has 1 fully saturated rings. The number of carbonyl (C=O) groups is 1. The molecule has 2 aromatic rings. The summed E-state index contributed by atoms with van der Waals surface area (Å²) >= 11 is 1.71. The number of nitrogens with zero attached hydrogens (tertiary/aromatic N) is 4. The van der Waals surface area contributed by atoms with Crippen molar-refractivity contribution in [3.05, 3.63) is 46.7 Å². The van der Waals surface area contributed by atoms with E-state index in [0.29, 0.717) is 6.54 Å². The van der Waals surface area contributed by atoms with Gasteiger partial charge >= 0.3 is 0 Å². The Morgan fingerprint density at radius 3 is 2.59 bits per heavy atom. The summed E-state index contributed by atoms with van der Waals surface area (Å²) < 4.78 is 5.51. The molecule has 1 aliphatic heterocycles. The molecule has 8 heteroatoms. The van der Waals surface area contributed by atoms with Crippen LogP contribution in [-0.2, 0) is 11.3 Å². The second-order valence-electron chi connectivity index (χ2n) is 7.01. The third-order valence-electron chi connectivity index (χ3n) is 4.87. The van der Waals surface area contributed by atoms with Crippen molar-refractivity contribution in [1.82, 2.24) is 15.1 Å². The highest BCUT2D eigenvalue weighted by Gasteiger charge is 2.22. The van der Waals surface area contributed by atoms with E-state index < -0.39 is 0 Å². The molecule has 1 N–H and O–H groups in total. The van der Waals surface area contributed by atoms with Crippen LogP contribution < -0.4 is 15.0 Å². The summed E-state index contributed by atoms with van der Waals surface area (Å²) in [6.07, 6.45) is 0. The fourth-order valence-corrected chi connectivity index (χ4v) is 3.83. The van der Waals surface area contributed by atoms with Crippen molar-refractivity contribution in [3.8, 4) is 5.75 Å². The predicted molar refractivity (Wildman–Crippen MR) is 119 cm³/mol. The second kappa shape index (κ2) is 10.2. The van der Waals surface area contributed by atoms with Crippen LogP contribution >= 0.6 is 11.3 Å². The van der Waals surface area contributed by atoms with Crippen LogP contribution in [0.2, 0.25) is 0 Å². The number of para-hydroxylation sites is 2. The van der Waals surface area contributed by atoms with E-state index in [9.17, 15) is 4.79 Å². The van der Waals surface area contributed by atoms with E-state index >= 15 is 0 Å². The zero-order valence-corrected chi connectivity index (χ0v) is 18.1. The number of hydrogen-bond donors (Lipinski definition) is 1. The molecule has 156 valence electrons. The smallest absolute Gasteiger partial charge is 0.243 e. The van der Waals surface area contributed by atoms with Crippen molar-refractivity contribution in [2.75, 3.05) is 58.8 Å². The van der Waals surface area contributed by atoms with Gasteiger partial charge in [0.15, 0.2) is 5.96 Å². The number of ether oxygens (including phenoxy) is 1. The summed E-state index contributed by atoms with van der Waals surface area (Å²) in [6, 6.07) is 12.2. The van der Waals surface area contributed by atoms with Gasteiger partial charge in [-0.05, 0) is 23.6 Å². The Morgan fingerprint density at radius 2 is 1.93 bits per heavy atom. The number of amides is 1. The number of methoxy groups -OCH3 is 1. The van der Waals surface area contributed by atoms with Crippen molar-refractivity contribution in [2.24, 2.45) is 4.99 Å². The van der Waals surface area contributed by atoms with Gasteiger partial charge in [0.25, 0.3) is 0 Å². The lowest BCUT2D eigenvalue weighted by molar-refractivity contribution is -0.127. The average molecular weight is 416 g/mol. The molecule has 1 aromatic heterocycles. The van der Waals surface area contributed by atoms with Crippen LogP contribution in [0.1, 0.15) is 4.88 Å². The molecule has 3 rings (SSSR count). The van der Waals surface area contributed by atoms with E-state index in [1.54, 1.807) is 37.4 Å². The first kappa shape index (κ1) is 21.0. The number of piperazine rings is 1. The Balaban J connectivity index is 1.66. The van der Waals surface area contributed by atoms with Gasteiger partial charge in [-0.1, -0.05) is 18.2 Å². The molecule has 1 saturated heterocycles. The molecule has 1 aromatic carbocycles. The van der Waals surface area contributed by atoms with Crippen LogP contribution in [0.25, 0.3) is 0 Å². The Hall–Kier alpha value is -2.74. The van der Waals surface area contributed by atoms with E-state index in [4.69, 9.17) is 4.74 Å². The zero-order chi connectivity index (χ0) is 20.6. The molecule has 29 heavy (non-hydrogen) atoms. The van der Waals surface area contributed by atoms with Gasteiger partial charge in [0.05, 0.1) is 19.3 Å². The van der Waals surface area contributed by atoms with E-state index in [1.165, 1.54) is 4.88 Å². The molecular formula is C21H29N5O2S. The number of carbonyl (C=O) groups excluding carboxylic acids is 1. The number of hydrogen-bond acceptors (Lipinski definition) is 5. The molecule has 0 saturated carbocycles. The molecule has 0 spiro atoms. The highest BCUT2D eigenvalue weighted by atomic mass is 32.1. The van der Waals surface area contributed by atoms with Gasteiger partial charge in [-0.25, -0.2) is 4.99 Å². The largest absolute Gasteiger partial charge is 0.495 e. The number of thiophene rings is 1. The van der Waals surface area contributed by atoms with Crippen LogP contribution in [0.15, 0.2) is 46.8 Å². The molecular weight excluding hydrogens is 386 g/mol. The Bertz CT molecular complexity index is 814. The summed E-state index contributed by atoms with van der Waals surface area (Å²) in [4.78, 5) is 24.0. The summed E-state index contributed by atoms with van der Waals surface area (Å²) in [6.45, 7) is 4.23. The molecule has 0 atom stereocenters. The Kier molecular flexibility index (Phi) is 7.35. The van der Waals surface area contributed by atoms with Gasteiger partial charge in [0, 0.05) is 45.2 Å². The first-order valence-corrected chi connectivity index (χ1v) is 10.6. The minimum atomic E-state index is -0.00641. The van der Waals surface area contributed by atoms with Crippen LogP contribution in [0, 0.1) is 0 Å². The lowest BCUT2D eigenvalue weighted by Crippen LogP contribution is -2.52. The van der Waals surface area contributed by atoms with Gasteiger partial charge < -0.3 is 24.8 Å². The maximum atomic E-state index is 12.0. The van der Waals surface area contributed by atoms with Crippen LogP contribution in [0.4, 0.5) is 5.69 Å². The molecule has 0 radical (unpaired) electrons. The van der Waals surface area contributed by atoms with E-state index in [2.05, 4.69) is 37.6 Å². The maximum absolute atomic E-state index is 12.0. The molecule has 2 heterocycles. The standard InChI is InChI=1S/C21H29N5O2S/c1-24(2)20(27)16-23-21(22-15-17-7-6-14-29-17)26-12-10-25(11-13-26)18-8-4-5-9-19(18)28-3/h4-9,14H,10-13,15-16H2,1-3H3,(H,22,23). The summed E-state index contributed by atoms with van der Waals surface area (Å²) in [5.41, 5.74) is 1.11. The molecule has 7 nitrogen and oxygen atoms in total. The van der Waals surface area contributed by atoms with Crippen LogP contribution in [0.5, 0.6) is 5.75 Å². The van der Waals surface area contributed by atoms with Crippen molar-refractivity contribution in [3.63, 3.8) is 0 Å². The quantitative estimate of drug-likeness (QED) is 0.578. The number of guanidine groups is 1. The summed E-state index contributed by atoms with van der Waals surface area (Å²) in [5.74, 6) is 1.67. The van der Waals surface area contributed by atoms with Gasteiger partial charge in [0.2, 0.25) is 5.91 Å². The number of nitrogens with one attached hydrogen (secondary N) is 1. The maximum Gasteiger partial charge on any atom is 0.243 e. The van der Waals surface area contributed by atoms with Crippen molar-refractivity contribution in [2.45, 2.75) is 6.54 Å². The number of aliphatic imine (C=N–C) groups is 1. The Morgan fingerprint density at radius 1 is 1.17 bits per heavy atom. The molecule has 0 bridgehead atoms. The number of likely N-dealkylation sites (N-methyl/N-ethyl adjacent to an activating group) is 1. The van der Waals surface area contributed by atoms with Gasteiger partial charge in [-0.2, -0.15) is 0 Å². The topological polar surface area (TPSA) is 60.4 Å². The second-order valence-corrected chi connectivity index (χ2v) is 8.04. The number of rotatable bonds is 6. The van der Waals surface area contributed by atoms with Crippen LogP contribution in [0.3, 0.4) is 0 Å². The number of benzene rings is 1. The first-order chi connectivity index (χ1) is 14.1. The monoisotopic (exact) mass is 415 g/mol. The fourth-order valence-electron chi connectivity index (χ4n) is 3.18. The van der Waals surface area contributed by atoms with Gasteiger partial charge in [-0.3, -0.25) is 4.79 Å². The number of anilines is 1. The minimum Gasteiger partial charge on any atom is -0.495 e. The highest BCUT2D eigenvalue weighted by Crippen LogP contribution is 2.28. The lowest BCUT2D eigenvalue weighted by Gasteiger charge is -2.38. The lowest BCUT2D eigenvalue weighted by atomic mass is 10.2. The molecule has 1 amide bonds. The van der Waals surface area contributed by atoms with Crippen molar-refractivity contribution in [1.29, 1.82) is 0 Å². The third-order valence-corrected chi connectivity index (χ3v) is 5.75. The third kappa shape index (κ3) is 5.63. The Labute approximate surface area is 176 Å². The van der Waals surface area contributed by atoms with Gasteiger partial charge in [0.1, 0.15) is 12.3 Å². The first-order valence-electron chi connectivity index (χ1n) is 9.72. The van der Waals surface area contributed by atoms with Crippen molar-refractivity contribution >= 4 is 28.9 Å². The SMILES string of the molecule is COc1ccccc1N1CCN(C(=NCC(=O)N(C)C)NCc2cccs2)CC1. The van der Waals surface area contributed by atoms with Crippen LogP contribution in [-0.4, -0.2) is 75.6 Å². The normalized spacial score (nSPS) is 14.7. The zero-order valence-electron chi connectivity index (χ0n) is 17.3. The summed E-state index contributed by atoms with van der Waals surface area (Å²) in [5, 5.41) is 5.50. The predicted octanol–water partition coefficient (Wildman–Crippen LogP) is 2.11. The molecule has 1 aliphatic rings. The summed E-state index contributed by atoms with van der Waals surface area (Å²) in [7, 11) is 5.21. The highest BCUT2D eigenvalue weighted by molar-refractivity contribution is 7.09. The van der Waals surface area contributed by atoms with Gasteiger partial charge in [-0.15, -0.1) is 11.3 Å². The van der Waals surface area contributed by atoms with E-state index in [-0.39, 0.29) is 12.5 Å². The average Bonchev–Trinajstić information content (AvgIpc) is 3.27. The van der Waals surface area contributed by atoms with E-state index in [1.807, 2.05) is 24.3 Å². The van der Waals surface area contributed by atoms with E-state index in [0.717, 1.165) is 43.6 Å². The minimum absolute atomic E-state index is 0.00641. The molecule has 0 aliphatic carbocycles. The van der Waals surface area contributed by atoms with Crippen molar-refractivity contribution < 1.29 is 9.53 Å². The fraction of sp³-hybridized carbons (Fsp3) is 0.429.